The molecule has 4 aromatic rings. The number of hydrogen-bond acceptors (Lipinski definition) is 5. The number of nitrogens with zero attached hydrogens (tertiary/aromatic N) is 5. The second-order valence-electron chi connectivity index (χ2n) is 11.7. The molecule has 2 aromatic heterocycles. The molecule has 8 nitrogen and oxygen atoms in total. The number of halogens is 1. The molecule has 41 heavy (non-hydrogen) atoms. The number of benzene rings is 2. The van der Waals surface area contributed by atoms with E-state index in [-0.39, 0.29) is 37.2 Å². The largest absolute Gasteiger partial charge is 0.396 e. The van der Waals surface area contributed by atoms with Crippen molar-refractivity contribution in [3.05, 3.63) is 47.8 Å². The molecule has 7 rings (SSSR count). The second kappa shape index (κ2) is 9.89. The number of rotatable bonds is 7. The summed E-state index contributed by atoms with van der Waals surface area (Å²) in [4.78, 5) is 22.6. The minimum Gasteiger partial charge on any atom is -0.396 e. The summed E-state index contributed by atoms with van der Waals surface area (Å²) in [6.45, 7) is 4.65. The predicted octanol–water partition coefficient (Wildman–Crippen LogP) is 4.15. The van der Waals surface area contributed by atoms with E-state index in [1.165, 1.54) is 6.07 Å². The average Bonchev–Trinajstić information content (AvgIpc) is 3.73. The lowest BCUT2D eigenvalue weighted by Gasteiger charge is -2.36. The molecule has 2 fully saturated rings. The number of anilines is 1. The first kappa shape index (κ1) is 26.1. The summed E-state index contributed by atoms with van der Waals surface area (Å²) in [5.41, 5.74) is 10.5. The first-order chi connectivity index (χ1) is 19.9. The van der Waals surface area contributed by atoms with Crippen LogP contribution in [0.25, 0.3) is 33.5 Å². The summed E-state index contributed by atoms with van der Waals surface area (Å²) >= 11 is 0. The van der Waals surface area contributed by atoms with Crippen LogP contribution in [0.2, 0.25) is 0 Å². The predicted molar refractivity (Wildman–Crippen MR) is 158 cm³/mol. The Morgan fingerprint density at radius 1 is 1.22 bits per heavy atom. The lowest BCUT2D eigenvalue weighted by Crippen LogP contribution is -2.41. The normalized spacial score (nSPS) is 23.2. The van der Waals surface area contributed by atoms with Crippen molar-refractivity contribution in [2.75, 3.05) is 31.1 Å². The Kier molecular flexibility index (Phi) is 6.29. The highest BCUT2D eigenvalue weighted by molar-refractivity contribution is 6.00. The first-order valence-electron chi connectivity index (χ1n) is 14.6. The Morgan fingerprint density at radius 3 is 2.78 bits per heavy atom. The number of fused-ring (bicyclic) bond motifs is 3. The molecule has 1 saturated heterocycles. The highest BCUT2D eigenvalue weighted by Gasteiger charge is 2.47. The van der Waals surface area contributed by atoms with Gasteiger partial charge in [0.2, 0.25) is 0 Å². The third kappa shape index (κ3) is 3.88. The van der Waals surface area contributed by atoms with Crippen LogP contribution in [0.3, 0.4) is 0 Å². The number of likely N-dealkylation sites (tertiary alicyclic amines) is 1. The van der Waals surface area contributed by atoms with E-state index in [4.69, 9.17) is 17.1 Å². The number of nitrogens with two attached hydrogens (primary N) is 1. The second-order valence-corrected chi connectivity index (χ2v) is 11.7. The number of piperidine rings is 1. The highest BCUT2D eigenvalue weighted by Crippen LogP contribution is 2.42. The third-order valence-electron chi connectivity index (χ3n) is 9.47. The molecular formula is C32H35FN6O2. The molecule has 1 aliphatic carbocycles. The van der Waals surface area contributed by atoms with Crippen LogP contribution < -0.4 is 10.6 Å². The van der Waals surface area contributed by atoms with E-state index in [1.54, 1.807) is 10.6 Å². The lowest BCUT2D eigenvalue weighted by atomic mass is 10.1. The molecule has 3 N–H and O–H groups in total. The van der Waals surface area contributed by atoms with Crippen molar-refractivity contribution >= 4 is 33.5 Å². The van der Waals surface area contributed by atoms with E-state index in [0.717, 1.165) is 54.6 Å². The van der Waals surface area contributed by atoms with Gasteiger partial charge >= 0.3 is 0 Å². The van der Waals surface area contributed by atoms with E-state index in [0.29, 0.717) is 41.3 Å². The number of imidazole rings is 1. The van der Waals surface area contributed by atoms with Crippen LogP contribution in [0.1, 0.15) is 49.0 Å². The van der Waals surface area contributed by atoms with Crippen molar-refractivity contribution in [3.8, 4) is 23.9 Å². The standard InChI is InChI=1S/C32H35FN6O2/c1-3-11-37-30-23(33)14-21(32(41)38-17-20-9-10-25(38)28(20)34)15-24(30)35-31(37)27-16-19-7-5-8-26-29(19)39(27)22(4-2)18-36(26)12-6-13-40/h1,5,7-8,14-16,20,22,25,28,40H,4,6,9-13,17-18,34H2,2H3/t20-,22?,25-,28-/m1/s1. The molecule has 1 saturated carbocycles. The number of amides is 1. The van der Waals surface area contributed by atoms with Gasteiger partial charge in [0.25, 0.3) is 5.91 Å². The molecule has 2 bridgehead atoms. The SMILES string of the molecule is C#CCn1c(-c2cc3cccc4c3n2C(CC)CN4CCCO)nc2cc(C(=O)N3C[C@H]4CC[C@@H]3[C@@H]4N)cc(F)c21. The van der Waals surface area contributed by atoms with Crippen molar-refractivity contribution in [1.82, 2.24) is 19.0 Å². The van der Waals surface area contributed by atoms with Gasteiger partial charge in [-0.05, 0) is 55.9 Å². The zero-order chi connectivity index (χ0) is 28.4. The summed E-state index contributed by atoms with van der Waals surface area (Å²) in [6, 6.07) is 11.5. The number of hydrogen-bond donors (Lipinski definition) is 2. The van der Waals surface area contributed by atoms with Gasteiger partial charge in [0.15, 0.2) is 5.82 Å². The molecule has 212 valence electrons. The minimum atomic E-state index is -0.508. The van der Waals surface area contributed by atoms with Gasteiger partial charge in [0.05, 0.1) is 35.0 Å². The average molecular weight is 555 g/mol. The van der Waals surface area contributed by atoms with Gasteiger partial charge in [0, 0.05) is 49.3 Å². The van der Waals surface area contributed by atoms with Crippen molar-refractivity contribution in [3.63, 3.8) is 0 Å². The van der Waals surface area contributed by atoms with Crippen molar-refractivity contribution in [2.45, 2.75) is 57.3 Å². The molecule has 1 unspecified atom stereocenters. The van der Waals surface area contributed by atoms with Gasteiger partial charge in [-0.2, -0.15) is 0 Å². The van der Waals surface area contributed by atoms with Crippen LogP contribution >= 0.6 is 0 Å². The molecule has 3 aliphatic rings. The molecule has 2 aliphatic heterocycles. The first-order valence-corrected chi connectivity index (χ1v) is 14.6. The van der Waals surface area contributed by atoms with E-state index in [2.05, 4.69) is 40.5 Å². The maximum absolute atomic E-state index is 15.9. The van der Waals surface area contributed by atoms with Crippen LogP contribution in [0.5, 0.6) is 0 Å². The number of aliphatic hydroxyl groups excluding tert-OH is 1. The van der Waals surface area contributed by atoms with E-state index in [9.17, 15) is 9.90 Å². The Morgan fingerprint density at radius 2 is 2.07 bits per heavy atom. The van der Waals surface area contributed by atoms with Gasteiger partial charge in [-0.15, -0.1) is 6.42 Å². The number of para-hydroxylation sites is 1. The topological polar surface area (TPSA) is 92.5 Å². The summed E-state index contributed by atoms with van der Waals surface area (Å²) in [5.74, 6) is 2.89. The minimum absolute atomic E-state index is 0.00888. The zero-order valence-corrected chi connectivity index (χ0v) is 23.3. The fraction of sp³-hybridized carbons (Fsp3) is 0.438. The van der Waals surface area contributed by atoms with Crippen LogP contribution in [0, 0.1) is 24.1 Å². The summed E-state index contributed by atoms with van der Waals surface area (Å²) in [7, 11) is 0. The number of aromatic nitrogens is 3. The number of carbonyl (C=O) groups is 1. The lowest BCUT2D eigenvalue weighted by molar-refractivity contribution is 0.0700. The van der Waals surface area contributed by atoms with Gasteiger partial charge in [-0.3, -0.25) is 4.79 Å². The Bertz CT molecular complexity index is 1720. The van der Waals surface area contributed by atoms with Crippen LogP contribution in [0.4, 0.5) is 10.1 Å². The Hall–Kier alpha value is -3.87. The van der Waals surface area contributed by atoms with Crippen LogP contribution in [-0.2, 0) is 6.54 Å². The number of terminal acetylenes is 1. The smallest absolute Gasteiger partial charge is 0.254 e. The summed E-state index contributed by atoms with van der Waals surface area (Å²) < 4.78 is 20.0. The van der Waals surface area contributed by atoms with Crippen LogP contribution in [-0.4, -0.2) is 68.4 Å². The quantitative estimate of drug-likeness (QED) is 0.335. The van der Waals surface area contributed by atoms with Crippen molar-refractivity contribution in [1.29, 1.82) is 0 Å². The van der Waals surface area contributed by atoms with Crippen LogP contribution in [0.15, 0.2) is 36.4 Å². The van der Waals surface area contributed by atoms with Crippen molar-refractivity contribution in [2.24, 2.45) is 11.7 Å². The Balaban J connectivity index is 1.37. The van der Waals surface area contributed by atoms with Gasteiger partial charge in [0.1, 0.15) is 11.3 Å². The fourth-order valence-corrected chi connectivity index (χ4v) is 7.52. The molecule has 0 spiro atoms. The summed E-state index contributed by atoms with van der Waals surface area (Å²) in [6.07, 6.45) is 9.31. The highest BCUT2D eigenvalue weighted by atomic mass is 19.1. The third-order valence-corrected chi connectivity index (χ3v) is 9.47. The summed E-state index contributed by atoms with van der Waals surface area (Å²) in [5, 5.41) is 10.5. The van der Waals surface area contributed by atoms with E-state index < -0.39 is 5.82 Å². The number of aliphatic hydroxyl groups is 1. The molecule has 4 heterocycles. The van der Waals surface area contributed by atoms with E-state index in [1.807, 2.05) is 11.0 Å². The number of carbonyl (C=O) groups excluding carboxylic acids is 1. The molecule has 0 radical (unpaired) electrons. The van der Waals surface area contributed by atoms with E-state index >= 15 is 4.39 Å². The van der Waals surface area contributed by atoms with Crippen molar-refractivity contribution < 1.29 is 14.3 Å². The maximum atomic E-state index is 15.9. The maximum Gasteiger partial charge on any atom is 0.254 e. The molecule has 2 aromatic carbocycles. The monoisotopic (exact) mass is 554 g/mol. The molecule has 9 heteroatoms. The molecule has 4 atom stereocenters. The zero-order valence-electron chi connectivity index (χ0n) is 23.3. The molecular weight excluding hydrogens is 519 g/mol. The van der Waals surface area contributed by atoms with Gasteiger partial charge < -0.3 is 29.8 Å². The van der Waals surface area contributed by atoms with Gasteiger partial charge in [-0.25, -0.2) is 9.37 Å². The molecule has 1 amide bonds. The fourth-order valence-electron chi connectivity index (χ4n) is 7.52. The van der Waals surface area contributed by atoms with Gasteiger partial charge in [-0.1, -0.05) is 25.0 Å². The Labute approximate surface area is 238 Å².